The van der Waals surface area contributed by atoms with Gasteiger partial charge in [-0.1, -0.05) is 141 Å². The maximum Gasteiger partial charge on any atom is 0.312 e. The predicted molar refractivity (Wildman–Crippen MR) is 235 cm³/mol. The van der Waals surface area contributed by atoms with Gasteiger partial charge in [-0.3, -0.25) is 9.59 Å². The first kappa shape index (κ1) is 47.6. The average Bonchev–Trinajstić information content (AvgIpc) is 3.12. The lowest BCUT2D eigenvalue weighted by Crippen LogP contribution is -2.11. The Morgan fingerprint density at radius 1 is 0.434 bits per heavy atom. The Morgan fingerprint density at radius 3 is 1.02 bits per heavy atom. The largest absolute Gasteiger partial charge is 0.426 e. The number of carbonyl (C=O) groups excluding carboxylic acids is 2. The summed E-state index contributed by atoms with van der Waals surface area (Å²) in [6.07, 6.45) is 27.9. The van der Waals surface area contributed by atoms with Crippen LogP contribution in [0.1, 0.15) is 177 Å². The summed E-state index contributed by atoms with van der Waals surface area (Å²) in [7, 11) is 0. The third-order valence-electron chi connectivity index (χ3n) is 9.72. The molecule has 0 bridgehead atoms. The number of aryl methyl sites for hydroxylation is 4. The van der Waals surface area contributed by atoms with Crippen LogP contribution in [0.2, 0.25) is 0 Å². The van der Waals surface area contributed by atoms with E-state index in [-0.39, 0.29) is 11.9 Å². The van der Waals surface area contributed by atoms with E-state index >= 15 is 0 Å². The van der Waals surface area contributed by atoms with Gasteiger partial charge in [0.2, 0.25) is 0 Å². The molecule has 0 aliphatic carbocycles. The number of unbranched alkanes of at least 4 members (excludes halogenated alkanes) is 18. The van der Waals surface area contributed by atoms with E-state index in [2.05, 4.69) is 38.1 Å². The summed E-state index contributed by atoms with van der Waals surface area (Å²) in [5.74, 6) is 4.90. The highest BCUT2D eigenvalue weighted by Crippen LogP contribution is 2.37. The molecule has 0 radical (unpaired) electrons. The molecule has 2 aromatic rings. The van der Waals surface area contributed by atoms with Crippen molar-refractivity contribution in [2.75, 3.05) is 23.0 Å². The topological polar surface area (TPSA) is 52.6 Å². The number of hydrogen-bond donors (Lipinski definition) is 0. The van der Waals surface area contributed by atoms with Gasteiger partial charge in [-0.05, 0) is 98.6 Å². The van der Waals surface area contributed by atoms with Crippen molar-refractivity contribution in [3.05, 3.63) is 46.5 Å². The second kappa shape index (κ2) is 30.6. The van der Waals surface area contributed by atoms with Crippen molar-refractivity contribution in [1.82, 2.24) is 0 Å². The smallest absolute Gasteiger partial charge is 0.312 e. The van der Waals surface area contributed by atoms with Crippen molar-refractivity contribution >= 4 is 47.2 Å². The number of carbonyl (C=O) groups is 2. The lowest BCUT2D eigenvalue weighted by atomic mass is 10.1. The van der Waals surface area contributed by atoms with Crippen LogP contribution in [-0.2, 0) is 9.59 Å². The van der Waals surface area contributed by atoms with Crippen molar-refractivity contribution in [2.45, 2.75) is 193 Å². The second-order valence-corrected chi connectivity index (χ2v) is 18.5. The molecular weight excluding hydrogens is 713 g/mol. The van der Waals surface area contributed by atoms with E-state index in [1.807, 2.05) is 51.2 Å². The molecule has 0 N–H and O–H groups in total. The van der Waals surface area contributed by atoms with Crippen LogP contribution in [0, 0.1) is 27.7 Å². The van der Waals surface area contributed by atoms with Gasteiger partial charge >= 0.3 is 11.9 Å². The highest BCUT2D eigenvalue weighted by molar-refractivity contribution is 7.99. The summed E-state index contributed by atoms with van der Waals surface area (Å²) >= 11 is 5.40. The summed E-state index contributed by atoms with van der Waals surface area (Å²) in [4.78, 5) is 27.5. The van der Waals surface area contributed by atoms with Crippen molar-refractivity contribution in [2.24, 2.45) is 0 Å². The molecule has 0 spiro atoms. The normalized spacial score (nSPS) is 11.3. The molecule has 0 aromatic heterocycles. The number of hydrogen-bond acceptors (Lipinski definition) is 7. The first-order chi connectivity index (χ1) is 25.7. The molecule has 53 heavy (non-hydrogen) atoms. The highest BCUT2D eigenvalue weighted by Gasteiger charge is 2.15. The molecular formula is C46H74O4S3. The molecule has 0 aliphatic heterocycles. The van der Waals surface area contributed by atoms with Crippen LogP contribution in [0.4, 0.5) is 0 Å². The maximum absolute atomic E-state index is 12.7. The zero-order chi connectivity index (χ0) is 38.5. The fourth-order valence-corrected chi connectivity index (χ4v) is 9.69. The predicted octanol–water partition coefficient (Wildman–Crippen LogP) is 15.0. The molecule has 0 saturated heterocycles. The van der Waals surface area contributed by atoms with Crippen molar-refractivity contribution in [3.8, 4) is 11.5 Å². The quantitative estimate of drug-likeness (QED) is 0.0416. The van der Waals surface area contributed by atoms with Crippen LogP contribution < -0.4 is 9.47 Å². The Hall–Kier alpha value is -1.57. The molecule has 0 unspecified atom stereocenters. The van der Waals surface area contributed by atoms with E-state index in [1.54, 1.807) is 11.8 Å². The van der Waals surface area contributed by atoms with Gasteiger partial charge < -0.3 is 9.47 Å². The number of benzene rings is 2. The number of rotatable bonds is 32. The van der Waals surface area contributed by atoms with Gasteiger partial charge in [-0.15, -0.1) is 0 Å². The zero-order valence-electron chi connectivity index (χ0n) is 34.6. The Labute approximate surface area is 338 Å². The van der Waals surface area contributed by atoms with E-state index in [9.17, 15) is 9.59 Å². The van der Waals surface area contributed by atoms with Crippen molar-refractivity contribution < 1.29 is 19.1 Å². The molecule has 0 atom stereocenters. The lowest BCUT2D eigenvalue weighted by molar-refractivity contribution is -0.134. The van der Waals surface area contributed by atoms with E-state index in [1.165, 1.54) is 128 Å². The Kier molecular flexibility index (Phi) is 27.5. The number of esters is 2. The van der Waals surface area contributed by atoms with Crippen LogP contribution in [0.5, 0.6) is 11.5 Å². The minimum atomic E-state index is -0.156. The molecule has 4 nitrogen and oxygen atoms in total. The first-order valence-electron chi connectivity index (χ1n) is 21.2. The Bertz CT molecular complexity index is 1150. The lowest BCUT2D eigenvalue weighted by Gasteiger charge is -2.15. The fraction of sp³-hybridized carbons (Fsp3) is 0.696. The van der Waals surface area contributed by atoms with E-state index in [4.69, 9.17) is 9.47 Å². The standard InChI is InChI=1S/C46H74O4S3/c1-7-9-11-13-15-17-19-21-23-25-29-51-31-27-43(47)49-45-37(3)33-41(34-38(45)4)53-42-35-39(5)46(40(6)36-42)50-44(48)28-32-52-30-26-24-22-20-18-16-14-12-10-8-2/h33-36H,7-32H2,1-6H3. The number of thioether (sulfide) groups is 2. The Morgan fingerprint density at radius 2 is 0.717 bits per heavy atom. The second-order valence-electron chi connectivity index (χ2n) is 14.9. The van der Waals surface area contributed by atoms with Crippen LogP contribution in [0.15, 0.2) is 34.1 Å². The van der Waals surface area contributed by atoms with Crippen molar-refractivity contribution in [3.63, 3.8) is 0 Å². The molecule has 0 saturated carbocycles. The van der Waals surface area contributed by atoms with Gasteiger partial charge in [0.1, 0.15) is 11.5 Å². The summed E-state index contributed by atoms with van der Waals surface area (Å²) in [5, 5.41) is 0. The first-order valence-corrected chi connectivity index (χ1v) is 24.3. The SMILES string of the molecule is CCCCCCCCCCCCSCCC(=O)Oc1c(C)cc(Sc2cc(C)c(OC(=O)CCSCCCCCCCCCCCC)c(C)c2)cc1C. The third-order valence-corrected chi connectivity index (χ3v) is 12.8. The summed E-state index contributed by atoms with van der Waals surface area (Å²) in [6.45, 7) is 12.6. The molecule has 2 aromatic carbocycles. The number of ether oxygens (including phenoxy) is 2. The minimum absolute atomic E-state index is 0.156. The van der Waals surface area contributed by atoms with Gasteiger partial charge in [0, 0.05) is 21.3 Å². The summed E-state index contributed by atoms with van der Waals surface area (Å²) in [6, 6.07) is 8.36. The molecule has 7 heteroatoms. The van der Waals surface area contributed by atoms with Crippen LogP contribution in [-0.4, -0.2) is 35.0 Å². The maximum atomic E-state index is 12.7. The molecule has 0 amide bonds. The van der Waals surface area contributed by atoms with Gasteiger partial charge in [-0.2, -0.15) is 23.5 Å². The van der Waals surface area contributed by atoms with E-state index in [0.29, 0.717) is 24.3 Å². The van der Waals surface area contributed by atoms with Gasteiger partial charge in [0.05, 0.1) is 12.8 Å². The molecule has 300 valence electrons. The third kappa shape index (κ3) is 22.5. The van der Waals surface area contributed by atoms with E-state index < -0.39 is 0 Å². The van der Waals surface area contributed by atoms with E-state index in [0.717, 1.165) is 55.1 Å². The monoisotopic (exact) mass is 786 g/mol. The minimum Gasteiger partial charge on any atom is -0.426 e. The van der Waals surface area contributed by atoms with Crippen LogP contribution in [0.25, 0.3) is 0 Å². The van der Waals surface area contributed by atoms with Crippen LogP contribution in [0.3, 0.4) is 0 Å². The molecule has 2 rings (SSSR count). The Balaban J connectivity index is 1.66. The fourth-order valence-electron chi connectivity index (χ4n) is 6.62. The van der Waals surface area contributed by atoms with Crippen LogP contribution >= 0.6 is 35.3 Å². The molecule has 0 fully saturated rings. The molecule has 0 heterocycles. The van der Waals surface area contributed by atoms with Gasteiger partial charge in [-0.25, -0.2) is 0 Å². The summed E-state index contributed by atoms with van der Waals surface area (Å²) in [5.41, 5.74) is 3.85. The van der Waals surface area contributed by atoms with Gasteiger partial charge in [0.15, 0.2) is 0 Å². The average molecular weight is 787 g/mol. The highest BCUT2D eigenvalue weighted by atomic mass is 32.2. The summed E-state index contributed by atoms with van der Waals surface area (Å²) < 4.78 is 11.7. The van der Waals surface area contributed by atoms with Gasteiger partial charge in [0.25, 0.3) is 0 Å². The zero-order valence-corrected chi connectivity index (χ0v) is 37.0. The van der Waals surface area contributed by atoms with Crippen molar-refractivity contribution in [1.29, 1.82) is 0 Å². The molecule has 0 aliphatic rings.